The van der Waals surface area contributed by atoms with E-state index in [1.807, 2.05) is 6.07 Å². The largest absolute Gasteiger partial charge is 0.312 e. The second-order valence-corrected chi connectivity index (χ2v) is 8.07. The quantitative estimate of drug-likeness (QED) is 0.920. The van der Waals surface area contributed by atoms with E-state index in [1.54, 1.807) is 0 Å². The lowest BCUT2D eigenvalue weighted by Crippen LogP contribution is -2.23. The molecule has 1 heterocycles. The lowest BCUT2D eigenvalue weighted by molar-refractivity contribution is 0.521. The van der Waals surface area contributed by atoms with Crippen LogP contribution in [0, 0.1) is 12.8 Å². The van der Waals surface area contributed by atoms with Crippen LogP contribution in [0.1, 0.15) is 17.5 Å². The minimum atomic E-state index is -2.75. The van der Waals surface area contributed by atoms with E-state index in [9.17, 15) is 8.42 Å². The lowest BCUT2D eigenvalue weighted by atomic mass is 10.1. The van der Waals surface area contributed by atoms with Gasteiger partial charge in [0.05, 0.1) is 11.5 Å². The highest BCUT2D eigenvalue weighted by atomic mass is 79.9. The number of benzene rings is 1. The van der Waals surface area contributed by atoms with Gasteiger partial charge in [0, 0.05) is 11.0 Å². The van der Waals surface area contributed by atoms with E-state index < -0.39 is 9.84 Å². The fourth-order valence-electron chi connectivity index (χ4n) is 2.27. The molecule has 1 aromatic carbocycles. The molecule has 5 heteroatoms. The molecule has 1 aliphatic heterocycles. The molecule has 1 aromatic rings. The first-order valence-electron chi connectivity index (χ1n) is 6.12. The van der Waals surface area contributed by atoms with Crippen molar-refractivity contribution in [1.82, 2.24) is 5.32 Å². The number of halogens is 1. The SMILES string of the molecule is Cc1cc(CNC[C@@H]2CCS(=O)(=O)C2)ccc1Br. The van der Waals surface area contributed by atoms with Crippen LogP contribution in [-0.4, -0.2) is 26.5 Å². The highest BCUT2D eigenvalue weighted by Gasteiger charge is 2.27. The molecule has 0 unspecified atom stereocenters. The second-order valence-electron chi connectivity index (χ2n) is 4.98. The number of sulfone groups is 1. The minimum absolute atomic E-state index is 0.284. The molecule has 3 nitrogen and oxygen atoms in total. The van der Waals surface area contributed by atoms with Gasteiger partial charge in [-0.2, -0.15) is 0 Å². The van der Waals surface area contributed by atoms with Crippen molar-refractivity contribution in [3.63, 3.8) is 0 Å². The van der Waals surface area contributed by atoms with Gasteiger partial charge in [0.1, 0.15) is 0 Å². The van der Waals surface area contributed by atoms with E-state index in [0.29, 0.717) is 11.5 Å². The Bertz CT molecular complexity index is 528. The van der Waals surface area contributed by atoms with Gasteiger partial charge in [-0.15, -0.1) is 0 Å². The van der Waals surface area contributed by atoms with E-state index in [2.05, 4.69) is 40.3 Å². The fourth-order valence-corrected chi connectivity index (χ4v) is 4.38. The maximum Gasteiger partial charge on any atom is 0.150 e. The number of rotatable bonds is 4. The summed E-state index contributed by atoms with van der Waals surface area (Å²) in [6.45, 7) is 3.65. The van der Waals surface area contributed by atoms with Crippen molar-refractivity contribution in [3.05, 3.63) is 33.8 Å². The Labute approximate surface area is 117 Å². The van der Waals surface area contributed by atoms with Crippen molar-refractivity contribution in [1.29, 1.82) is 0 Å². The van der Waals surface area contributed by atoms with Crippen LogP contribution in [0.5, 0.6) is 0 Å². The van der Waals surface area contributed by atoms with E-state index in [4.69, 9.17) is 0 Å². The summed E-state index contributed by atoms with van der Waals surface area (Å²) in [7, 11) is -2.75. The van der Waals surface area contributed by atoms with Crippen LogP contribution in [0.4, 0.5) is 0 Å². The summed E-state index contributed by atoms with van der Waals surface area (Å²) in [4.78, 5) is 0. The van der Waals surface area contributed by atoms with Crippen molar-refractivity contribution in [2.24, 2.45) is 5.92 Å². The Morgan fingerprint density at radius 1 is 1.44 bits per heavy atom. The fraction of sp³-hybridized carbons (Fsp3) is 0.538. The smallest absolute Gasteiger partial charge is 0.150 e. The Kier molecular flexibility index (Phi) is 4.45. The van der Waals surface area contributed by atoms with Gasteiger partial charge in [-0.1, -0.05) is 28.1 Å². The molecule has 0 amide bonds. The highest BCUT2D eigenvalue weighted by molar-refractivity contribution is 9.10. The Balaban J connectivity index is 1.80. The van der Waals surface area contributed by atoms with Gasteiger partial charge in [0.25, 0.3) is 0 Å². The third-order valence-electron chi connectivity index (χ3n) is 3.31. The maximum absolute atomic E-state index is 11.3. The molecule has 1 N–H and O–H groups in total. The molecular weight excluding hydrogens is 314 g/mol. The van der Waals surface area contributed by atoms with Gasteiger partial charge in [-0.25, -0.2) is 8.42 Å². The zero-order chi connectivity index (χ0) is 13.2. The second kappa shape index (κ2) is 5.72. The van der Waals surface area contributed by atoms with Gasteiger partial charge in [0.15, 0.2) is 9.84 Å². The molecule has 18 heavy (non-hydrogen) atoms. The number of nitrogens with one attached hydrogen (secondary N) is 1. The molecule has 0 saturated carbocycles. The van der Waals surface area contributed by atoms with Gasteiger partial charge >= 0.3 is 0 Å². The normalized spacial score (nSPS) is 22.2. The average molecular weight is 332 g/mol. The zero-order valence-corrected chi connectivity index (χ0v) is 12.9. The average Bonchev–Trinajstić information content (AvgIpc) is 2.63. The number of hydrogen-bond acceptors (Lipinski definition) is 3. The minimum Gasteiger partial charge on any atom is -0.312 e. The third kappa shape index (κ3) is 3.80. The summed E-state index contributed by atoms with van der Waals surface area (Å²) in [6.07, 6.45) is 0.800. The summed E-state index contributed by atoms with van der Waals surface area (Å²) in [5.74, 6) is 0.988. The van der Waals surface area contributed by atoms with Crippen LogP contribution in [0.3, 0.4) is 0 Å². The van der Waals surface area contributed by atoms with E-state index in [0.717, 1.165) is 24.0 Å². The molecule has 100 valence electrons. The first-order chi connectivity index (χ1) is 8.46. The Morgan fingerprint density at radius 3 is 2.83 bits per heavy atom. The maximum atomic E-state index is 11.3. The summed E-state index contributed by atoms with van der Waals surface area (Å²) in [5, 5.41) is 3.35. The molecule has 2 rings (SSSR count). The monoisotopic (exact) mass is 331 g/mol. The van der Waals surface area contributed by atoms with Crippen molar-refractivity contribution in [2.75, 3.05) is 18.1 Å². The van der Waals surface area contributed by atoms with Crippen LogP contribution in [-0.2, 0) is 16.4 Å². The molecule has 0 radical (unpaired) electrons. The Morgan fingerprint density at radius 2 is 2.22 bits per heavy atom. The van der Waals surface area contributed by atoms with Crippen LogP contribution >= 0.6 is 15.9 Å². The van der Waals surface area contributed by atoms with Crippen LogP contribution in [0.25, 0.3) is 0 Å². The van der Waals surface area contributed by atoms with Crippen LogP contribution in [0.2, 0.25) is 0 Å². The van der Waals surface area contributed by atoms with E-state index in [1.165, 1.54) is 11.1 Å². The molecule has 0 spiro atoms. The van der Waals surface area contributed by atoms with Crippen LogP contribution < -0.4 is 5.32 Å². The van der Waals surface area contributed by atoms with Gasteiger partial charge < -0.3 is 5.32 Å². The van der Waals surface area contributed by atoms with Crippen LogP contribution in [0.15, 0.2) is 22.7 Å². The topological polar surface area (TPSA) is 46.2 Å². The van der Waals surface area contributed by atoms with Crippen molar-refractivity contribution >= 4 is 25.8 Å². The zero-order valence-electron chi connectivity index (χ0n) is 10.4. The van der Waals surface area contributed by atoms with Crippen molar-refractivity contribution in [2.45, 2.75) is 19.9 Å². The summed E-state index contributed by atoms with van der Waals surface area (Å²) in [5.41, 5.74) is 2.45. The molecule has 1 fully saturated rings. The molecule has 1 saturated heterocycles. The summed E-state index contributed by atoms with van der Waals surface area (Å²) in [6, 6.07) is 6.27. The van der Waals surface area contributed by atoms with Gasteiger partial charge in [-0.05, 0) is 43.0 Å². The first-order valence-corrected chi connectivity index (χ1v) is 8.74. The predicted molar refractivity (Wildman–Crippen MR) is 77.3 cm³/mol. The predicted octanol–water partition coefficient (Wildman–Crippen LogP) is 2.28. The molecule has 1 atom stereocenters. The summed E-state index contributed by atoms with van der Waals surface area (Å²) >= 11 is 3.48. The standard InChI is InChI=1S/C13H18BrNO2S/c1-10-6-11(2-3-13(10)14)7-15-8-12-4-5-18(16,17)9-12/h2-3,6,12,15H,4-5,7-9H2,1H3/t12-/m0/s1. The van der Waals surface area contributed by atoms with Gasteiger partial charge in [0.2, 0.25) is 0 Å². The van der Waals surface area contributed by atoms with E-state index in [-0.39, 0.29) is 5.92 Å². The molecule has 1 aliphatic rings. The van der Waals surface area contributed by atoms with Crippen molar-refractivity contribution < 1.29 is 8.42 Å². The number of hydrogen-bond donors (Lipinski definition) is 1. The third-order valence-corrected chi connectivity index (χ3v) is 6.04. The lowest BCUT2D eigenvalue weighted by Gasteiger charge is -2.10. The molecule has 0 aliphatic carbocycles. The Hall–Kier alpha value is -0.390. The van der Waals surface area contributed by atoms with Gasteiger partial charge in [-0.3, -0.25) is 0 Å². The highest BCUT2D eigenvalue weighted by Crippen LogP contribution is 2.19. The van der Waals surface area contributed by atoms with E-state index >= 15 is 0 Å². The number of aryl methyl sites for hydroxylation is 1. The molecule has 0 aromatic heterocycles. The summed E-state index contributed by atoms with van der Waals surface area (Å²) < 4.78 is 23.8. The first kappa shape index (κ1) is 14.0. The molecule has 0 bridgehead atoms. The molecular formula is C13H18BrNO2S. The van der Waals surface area contributed by atoms with Crippen molar-refractivity contribution in [3.8, 4) is 0 Å².